The monoisotopic (exact) mass is 1280 g/mol. The lowest BCUT2D eigenvalue weighted by Gasteiger charge is -2.18. The largest absolute Gasteiger partial charge is 0.482 e. The minimum Gasteiger partial charge on any atom is -0.482 e. The van der Waals surface area contributed by atoms with Gasteiger partial charge >= 0.3 is 0 Å². The third-order valence-corrected chi connectivity index (χ3v) is 17.8. The van der Waals surface area contributed by atoms with Crippen LogP contribution in [-0.2, 0) is 14.4 Å². The molecule has 466 valence electrons. The number of likely N-dealkylation sites (tertiary alicyclic amines) is 2. The summed E-state index contributed by atoms with van der Waals surface area (Å²) in [5, 5.41) is 4.35. The highest BCUT2D eigenvalue weighted by molar-refractivity contribution is 6.31. The van der Waals surface area contributed by atoms with Crippen molar-refractivity contribution in [2.45, 2.75) is 57.7 Å². The molecule has 3 aliphatic rings. The van der Waals surface area contributed by atoms with E-state index in [-0.39, 0.29) is 29.8 Å². The van der Waals surface area contributed by atoms with Crippen molar-refractivity contribution in [2.24, 2.45) is 0 Å². The second-order valence-corrected chi connectivity index (χ2v) is 23.9. The van der Waals surface area contributed by atoms with Crippen molar-refractivity contribution in [2.75, 3.05) is 76.0 Å². The molecule has 23 heteroatoms. The highest BCUT2D eigenvalue weighted by Crippen LogP contribution is 2.46. The Bertz CT molecular complexity index is 4440. The topological polar surface area (TPSA) is 244 Å². The summed E-state index contributed by atoms with van der Waals surface area (Å²) in [5.74, 6) is 1.69. The molecule has 3 amide bonds. The van der Waals surface area contributed by atoms with Gasteiger partial charge in [-0.05, 0) is 130 Å². The van der Waals surface area contributed by atoms with E-state index >= 15 is 0 Å². The number of hydrogen-bond donors (Lipinski definition) is 3. The lowest BCUT2D eigenvalue weighted by Crippen LogP contribution is -2.27. The van der Waals surface area contributed by atoms with E-state index in [0.29, 0.717) is 81.9 Å². The maximum atomic E-state index is 12.9. The van der Waals surface area contributed by atoms with Gasteiger partial charge in [-0.2, -0.15) is 0 Å². The number of nitrogens with two attached hydrogens (primary N) is 3. The Morgan fingerprint density at radius 1 is 0.604 bits per heavy atom. The van der Waals surface area contributed by atoms with Crippen LogP contribution in [0.15, 0.2) is 154 Å². The highest BCUT2D eigenvalue weighted by atomic mass is 35.5. The zero-order valence-electron chi connectivity index (χ0n) is 51.1. The number of ether oxygens (including phenoxy) is 1. The van der Waals surface area contributed by atoms with Crippen molar-refractivity contribution in [1.29, 1.82) is 0 Å². The lowest BCUT2D eigenvalue weighted by atomic mass is 10.0. The summed E-state index contributed by atoms with van der Waals surface area (Å²) in [5.41, 5.74) is 30.4. The summed E-state index contributed by atoms with van der Waals surface area (Å²) < 4.78 is 12.1. The van der Waals surface area contributed by atoms with E-state index in [1.165, 1.54) is 44.0 Å². The molecule has 6 N–H and O–H groups in total. The molecule has 20 nitrogen and oxygen atoms in total. The lowest BCUT2D eigenvalue weighted by molar-refractivity contribution is -0.125. The Hall–Kier alpha value is -9.60. The van der Waals surface area contributed by atoms with Gasteiger partial charge in [0, 0.05) is 101 Å². The zero-order valence-corrected chi connectivity index (χ0v) is 53.4. The van der Waals surface area contributed by atoms with Crippen molar-refractivity contribution in [1.82, 2.24) is 58.3 Å². The smallest absolute Gasteiger partial charge is 0.250 e. The molecule has 0 unspecified atom stereocenters. The number of amides is 3. The van der Waals surface area contributed by atoms with Crippen LogP contribution in [0.25, 0.3) is 72.2 Å². The number of methoxy groups -OCH3 is 1. The van der Waals surface area contributed by atoms with Crippen LogP contribution in [0, 0.1) is 13.8 Å². The molecular formula is C68H69Cl3N16O4. The molecule has 6 aromatic heterocycles. The van der Waals surface area contributed by atoms with E-state index in [1.807, 2.05) is 120 Å². The van der Waals surface area contributed by atoms with Gasteiger partial charge < -0.3 is 41.2 Å². The summed E-state index contributed by atoms with van der Waals surface area (Å²) in [7, 11) is 5.50. The van der Waals surface area contributed by atoms with E-state index in [4.69, 9.17) is 56.7 Å². The second kappa shape index (κ2) is 26.8. The SMILES string of the molecule is C=CC(=O)N1CC[C@@H](n2c(C)c(-c3ccc(Cl)cc3)c3c(N)ncnc32)C1.C=CC(=O)N1CC[C@@H](n2c(OC)c(-c3ccc(Cl)cc3)c3c(N)ncnc32)C1.Cc1c(-c2ccc(Cl)cc2)c2c(N)ncnc2n1-c1cccc(N(C)C(=O)/C=C/CN(C)C2CC2)c1. The molecule has 13 rings (SSSR count). The van der Waals surface area contributed by atoms with Gasteiger partial charge in [-0.3, -0.25) is 28.4 Å². The first kappa shape index (κ1) is 63.0. The number of nitrogens with zero attached hydrogens (tertiary/aromatic N) is 13. The van der Waals surface area contributed by atoms with E-state index < -0.39 is 0 Å². The number of nitrogen functional groups attached to an aromatic ring is 3. The summed E-state index contributed by atoms with van der Waals surface area (Å²) in [6, 6.07) is 31.4. The molecule has 1 saturated carbocycles. The first-order valence-electron chi connectivity index (χ1n) is 29.7. The predicted molar refractivity (Wildman–Crippen MR) is 364 cm³/mol. The minimum absolute atomic E-state index is 0.0108. The molecule has 2 aliphatic heterocycles. The Balaban J connectivity index is 0.000000142. The summed E-state index contributed by atoms with van der Waals surface area (Å²) in [6.07, 6.45) is 14.8. The van der Waals surface area contributed by atoms with Crippen LogP contribution in [0.2, 0.25) is 15.1 Å². The number of hydrogen-bond acceptors (Lipinski definition) is 14. The summed E-state index contributed by atoms with van der Waals surface area (Å²) in [6.45, 7) is 14.6. The zero-order chi connectivity index (χ0) is 64.4. The van der Waals surface area contributed by atoms with Crippen LogP contribution >= 0.6 is 34.8 Å². The van der Waals surface area contributed by atoms with Crippen molar-refractivity contribution in [3.8, 4) is 44.9 Å². The number of aromatic nitrogens is 9. The predicted octanol–water partition coefficient (Wildman–Crippen LogP) is 12.1. The molecule has 2 saturated heterocycles. The van der Waals surface area contributed by atoms with Crippen molar-refractivity contribution in [3.05, 3.63) is 180 Å². The van der Waals surface area contributed by atoms with Crippen LogP contribution in [0.3, 0.4) is 0 Å². The molecule has 0 bridgehead atoms. The fraction of sp³-hybridized carbons (Fsp3) is 0.250. The first-order valence-corrected chi connectivity index (χ1v) is 30.8. The average molecular weight is 1280 g/mol. The van der Waals surface area contributed by atoms with Crippen molar-refractivity contribution in [3.63, 3.8) is 0 Å². The van der Waals surface area contributed by atoms with Gasteiger partial charge in [0.15, 0.2) is 5.65 Å². The molecule has 3 fully saturated rings. The van der Waals surface area contributed by atoms with Crippen LogP contribution < -0.4 is 26.8 Å². The Morgan fingerprint density at radius 2 is 1.05 bits per heavy atom. The number of halogens is 3. The van der Waals surface area contributed by atoms with Crippen LogP contribution in [-0.4, -0.2) is 136 Å². The van der Waals surface area contributed by atoms with Gasteiger partial charge in [0.25, 0.3) is 0 Å². The second-order valence-electron chi connectivity index (χ2n) is 22.6. The van der Waals surface area contributed by atoms with E-state index in [1.54, 1.807) is 30.0 Å². The number of carbonyl (C=O) groups excluding carboxylic acids is 3. The van der Waals surface area contributed by atoms with Crippen LogP contribution in [0.5, 0.6) is 5.88 Å². The van der Waals surface area contributed by atoms with Crippen LogP contribution in [0.4, 0.5) is 23.1 Å². The Morgan fingerprint density at radius 3 is 1.55 bits per heavy atom. The Kier molecular flexibility index (Phi) is 18.6. The molecule has 0 spiro atoms. The van der Waals surface area contributed by atoms with Crippen LogP contribution in [0.1, 0.15) is 49.2 Å². The molecular weight excluding hydrogens is 1210 g/mol. The third-order valence-electron chi connectivity index (χ3n) is 17.1. The van der Waals surface area contributed by atoms with Gasteiger partial charge in [-0.15, -0.1) is 0 Å². The fourth-order valence-corrected chi connectivity index (χ4v) is 12.8. The number of likely N-dealkylation sites (N-methyl/N-ethyl adjacent to an activating group) is 2. The van der Waals surface area contributed by atoms with Gasteiger partial charge in [0.2, 0.25) is 23.6 Å². The van der Waals surface area contributed by atoms with Gasteiger partial charge in [-0.25, -0.2) is 29.9 Å². The van der Waals surface area contributed by atoms with Gasteiger partial charge in [-0.1, -0.05) is 96.5 Å². The maximum Gasteiger partial charge on any atom is 0.250 e. The summed E-state index contributed by atoms with van der Waals surface area (Å²) >= 11 is 18.2. The molecule has 2 atom stereocenters. The van der Waals surface area contributed by atoms with E-state index in [2.05, 4.69) is 71.1 Å². The number of anilines is 4. The normalized spacial score (nSPS) is 15.5. The van der Waals surface area contributed by atoms with Gasteiger partial charge in [0.05, 0.1) is 40.9 Å². The fourth-order valence-electron chi connectivity index (χ4n) is 12.4. The third kappa shape index (κ3) is 12.7. The summed E-state index contributed by atoms with van der Waals surface area (Å²) in [4.78, 5) is 70.6. The first-order chi connectivity index (χ1) is 43.9. The minimum atomic E-state index is -0.0787. The standard InChI is InChI=1S/C28H29ClN6O.C20H20ClN5O2.C20H20ClN5O/c1-18-25(19-9-11-20(29)12-10-19)26-27(30)31-17-32-28(26)35(18)23-7-4-6-22(16-23)34(3)24(36)8-5-15-33(2)21-13-14-21;1-3-15(27)25-9-8-14(10-25)26-19-17(18(22)23-11-24-19)16(20(26)28-2)12-4-6-13(21)7-5-12;1-3-16(27)25-9-8-15(10-25)26-12(2)17(13-4-6-14(21)7-5-13)18-19(22)23-11-24-20(18)26/h4-12,16-17,21H,13-15H2,1-3H3,(H2,30,31,32);3-7,11,14H,1,8-10H2,2H3,(H2,22,23,24);3-7,11,15H,1,8-10H2,2H3,(H2,22,23,24)/b8-5+;;/t;14-;15-/m.11/s1. The number of benzene rings is 4. The average Bonchev–Trinajstić information content (AvgIpc) is 1.62. The molecule has 8 heterocycles. The van der Waals surface area contributed by atoms with Crippen molar-refractivity contribution >= 4 is 109 Å². The molecule has 1 aliphatic carbocycles. The van der Waals surface area contributed by atoms with E-state index in [9.17, 15) is 14.4 Å². The maximum absolute atomic E-state index is 12.9. The Labute approximate surface area is 541 Å². The van der Waals surface area contributed by atoms with E-state index in [0.717, 1.165) is 97.3 Å². The highest BCUT2D eigenvalue weighted by Gasteiger charge is 2.34. The number of carbonyl (C=O) groups is 3. The molecule has 4 aromatic carbocycles. The number of fused-ring (bicyclic) bond motifs is 3. The number of rotatable bonds is 14. The van der Waals surface area contributed by atoms with Gasteiger partial charge in [0.1, 0.15) is 47.7 Å². The molecule has 0 radical (unpaired) electrons. The molecule has 91 heavy (non-hydrogen) atoms. The quantitative estimate of drug-likeness (QED) is 0.0858. The molecule has 10 aromatic rings. The van der Waals surface area contributed by atoms with Crippen molar-refractivity contribution < 1.29 is 19.1 Å².